The number of benzene rings is 1. The normalized spacial score (nSPS) is 11.6. The molecule has 0 aliphatic heterocycles. The van der Waals surface area contributed by atoms with Crippen molar-refractivity contribution in [3.63, 3.8) is 0 Å². The van der Waals surface area contributed by atoms with Crippen LogP contribution in [0.5, 0.6) is 0 Å². The van der Waals surface area contributed by atoms with Crippen LogP contribution in [0.4, 0.5) is 11.6 Å². The van der Waals surface area contributed by atoms with E-state index in [2.05, 4.69) is 25.0 Å². The zero-order valence-electron chi connectivity index (χ0n) is 16.4. The standard InChI is InChI=1S/C19H18N6O3S2/c1-11-8-12(2)21-18(20-11)24-30(27,28)15-6-4-14(5-7-15)22-17(26)16-9-25-13(3)10-29-19(25)23-16/h4-10H,1-3H3,(H,22,26)(H,20,21,24). The molecular weight excluding hydrogens is 424 g/mol. The summed E-state index contributed by atoms with van der Waals surface area (Å²) in [5.74, 6) is -0.359. The first-order valence-electron chi connectivity index (χ1n) is 8.91. The monoisotopic (exact) mass is 442 g/mol. The minimum Gasteiger partial charge on any atom is -0.321 e. The van der Waals surface area contributed by atoms with Crippen molar-refractivity contribution in [3.05, 3.63) is 64.7 Å². The average Bonchev–Trinajstić information content (AvgIpc) is 3.23. The van der Waals surface area contributed by atoms with E-state index in [9.17, 15) is 13.2 Å². The summed E-state index contributed by atoms with van der Waals surface area (Å²) in [5.41, 5.74) is 3.06. The predicted molar refractivity (Wildman–Crippen MR) is 115 cm³/mol. The number of nitrogens with zero attached hydrogens (tertiary/aromatic N) is 4. The molecule has 3 heterocycles. The topological polar surface area (TPSA) is 118 Å². The van der Waals surface area contributed by atoms with Crippen LogP contribution in [-0.4, -0.2) is 33.7 Å². The van der Waals surface area contributed by atoms with Crippen LogP contribution in [0.2, 0.25) is 0 Å². The lowest BCUT2D eigenvalue weighted by Gasteiger charge is -2.09. The van der Waals surface area contributed by atoms with E-state index >= 15 is 0 Å². The van der Waals surface area contributed by atoms with Gasteiger partial charge in [0.15, 0.2) is 4.96 Å². The quantitative estimate of drug-likeness (QED) is 0.490. The van der Waals surface area contributed by atoms with Gasteiger partial charge in [-0.05, 0) is 51.1 Å². The third-order valence-corrected chi connectivity index (χ3v) is 6.55. The molecule has 0 saturated heterocycles. The van der Waals surface area contributed by atoms with E-state index in [4.69, 9.17) is 0 Å². The maximum absolute atomic E-state index is 12.6. The van der Waals surface area contributed by atoms with E-state index in [1.807, 2.05) is 16.7 Å². The van der Waals surface area contributed by atoms with Crippen LogP contribution in [0.25, 0.3) is 4.96 Å². The van der Waals surface area contributed by atoms with Crippen LogP contribution >= 0.6 is 11.3 Å². The number of imidazole rings is 1. The van der Waals surface area contributed by atoms with Gasteiger partial charge >= 0.3 is 0 Å². The SMILES string of the molecule is Cc1cc(C)nc(NS(=O)(=O)c2ccc(NC(=O)c3cn4c(C)csc4n3)cc2)n1. The Morgan fingerprint density at radius 1 is 1.03 bits per heavy atom. The summed E-state index contributed by atoms with van der Waals surface area (Å²) in [4.78, 5) is 25.7. The number of hydrogen-bond acceptors (Lipinski definition) is 7. The van der Waals surface area contributed by atoms with Gasteiger partial charge in [0.2, 0.25) is 5.95 Å². The lowest BCUT2D eigenvalue weighted by Crippen LogP contribution is -2.16. The van der Waals surface area contributed by atoms with Gasteiger partial charge in [-0.3, -0.25) is 9.20 Å². The highest BCUT2D eigenvalue weighted by atomic mass is 32.2. The van der Waals surface area contributed by atoms with Crippen LogP contribution < -0.4 is 10.0 Å². The Hall–Kier alpha value is -3.31. The molecule has 1 amide bonds. The van der Waals surface area contributed by atoms with Gasteiger partial charge in [0.25, 0.3) is 15.9 Å². The molecule has 0 spiro atoms. The predicted octanol–water partition coefficient (Wildman–Crippen LogP) is 3.16. The fraction of sp³-hybridized carbons (Fsp3) is 0.158. The zero-order chi connectivity index (χ0) is 21.5. The molecule has 4 rings (SSSR count). The first kappa shape index (κ1) is 20.0. The minimum atomic E-state index is -3.86. The summed E-state index contributed by atoms with van der Waals surface area (Å²) < 4.78 is 29.4. The van der Waals surface area contributed by atoms with E-state index in [0.29, 0.717) is 17.1 Å². The first-order chi connectivity index (χ1) is 14.2. The van der Waals surface area contributed by atoms with E-state index in [-0.39, 0.29) is 22.4 Å². The van der Waals surface area contributed by atoms with Crippen molar-refractivity contribution in [1.82, 2.24) is 19.4 Å². The number of nitrogens with one attached hydrogen (secondary N) is 2. The van der Waals surface area contributed by atoms with Gasteiger partial charge < -0.3 is 5.32 Å². The number of aryl methyl sites for hydroxylation is 3. The van der Waals surface area contributed by atoms with Crippen molar-refractivity contribution in [2.24, 2.45) is 0 Å². The van der Waals surface area contributed by atoms with E-state index in [1.165, 1.54) is 35.6 Å². The van der Waals surface area contributed by atoms with Crippen LogP contribution in [0, 0.1) is 20.8 Å². The zero-order valence-corrected chi connectivity index (χ0v) is 18.0. The van der Waals surface area contributed by atoms with Crippen molar-refractivity contribution in [2.45, 2.75) is 25.7 Å². The highest BCUT2D eigenvalue weighted by Crippen LogP contribution is 2.19. The summed E-state index contributed by atoms with van der Waals surface area (Å²) in [6, 6.07) is 7.57. The van der Waals surface area contributed by atoms with Crippen molar-refractivity contribution in [1.29, 1.82) is 0 Å². The van der Waals surface area contributed by atoms with Crippen LogP contribution in [0.15, 0.2) is 46.8 Å². The number of carbonyl (C=O) groups excluding carboxylic acids is 1. The number of carbonyl (C=O) groups is 1. The molecule has 0 aliphatic rings. The highest BCUT2D eigenvalue weighted by molar-refractivity contribution is 7.92. The van der Waals surface area contributed by atoms with Crippen molar-refractivity contribution < 1.29 is 13.2 Å². The van der Waals surface area contributed by atoms with Gasteiger partial charge in [0.1, 0.15) is 5.69 Å². The number of aromatic nitrogens is 4. The molecule has 0 fully saturated rings. The molecule has 0 unspecified atom stereocenters. The summed E-state index contributed by atoms with van der Waals surface area (Å²) >= 11 is 1.45. The number of fused-ring (bicyclic) bond motifs is 1. The Kier molecular flexibility index (Phi) is 5.00. The molecule has 30 heavy (non-hydrogen) atoms. The summed E-state index contributed by atoms with van der Waals surface area (Å²) in [6.07, 6.45) is 1.67. The average molecular weight is 443 g/mol. The number of hydrogen-bond donors (Lipinski definition) is 2. The van der Waals surface area contributed by atoms with Crippen molar-refractivity contribution in [3.8, 4) is 0 Å². The fourth-order valence-electron chi connectivity index (χ4n) is 2.87. The van der Waals surface area contributed by atoms with Crippen molar-refractivity contribution >= 4 is 43.9 Å². The Labute approximate surface area is 176 Å². The Morgan fingerprint density at radius 3 is 2.33 bits per heavy atom. The van der Waals surface area contributed by atoms with Gasteiger partial charge in [-0.2, -0.15) is 0 Å². The molecule has 154 valence electrons. The van der Waals surface area contributed by atoms with Gasteiger partial charge in [-0.15, -0.1) is 11.3 Å². The second-order valence-corrected chi connectivity index (χ2v) is 9.23. The lowest BCUT2D eigenvalue weighted by atomic mass is 10.3. The highest BCUT2D eigenvalue weighted by Gasteiger charge is 2.17. The lowest BCUT2D eigenvalue weighted by molar-refractivity contribution is 0.102. The number of amides is 1. The number of rotatable bonds is 5. The van der Waals surface area contributed by atoms with Crippen LogP contribution in [0.3, 0.4) is 0 Å². The molecule has 1 aromatic carbocycles. The molecule has 0 bridgehead atoms. The Balaban J connectivity index is 1.49. The number of anilines is 2. The molecule has 0 radical (unpaired) electrons. The van der Waals surface area contributed by atoms with Gasteiger partial charge in [0, 0.05) is 34.3 Å². The molecule has 9 nitrogen and oxygen atoms in total. The second kappa shape index (κ2) is 7.50. The smallest absolute Gasteiger partial charge is 0.275 e. The maximum atomic E-state index is 12.6. The molecule has 3 aromatic heterocycles. The summed E-state index contributed by atoms with van der Waals surface area (Å²) in [6.45, 7) is 5.45. The number of thiazole rings is 1. The second-order valence-electron chi connectivity index (χ2n) is 6.71. The maximum Gasteiger partial charge on any atom is 0.275 e. The Morgan fingerprint density at radius 2 is 1.70 bits per heavy atom. The van der Waals surface area contributed by atoms with E-state index < -0.39 is 10.0 Å². The third kappa shape index (κ3) is 4.02. The van der Waals surface area contributed by atoms with Gasteiger partial charge in [-0.1, -0.05) is 0 Å². The fourth-order valence-corrected chi connectivity index (χ4v) is 4.66. The molecular formula is C19H18N6O3S2. The van der Waals surface area contributed by atoms with E-state index in [1.54, 1.807) is 26.1 Å². The van der Waals surface area contributed by atoms with E-state index in [0.717, 1.165) is 10.7 Å². The summed E-state index contributed by atoms with van der Waals surface area (Å²) in [5, 5.41) is 4.68. The first-order valence-corrected chi connectivity index (χ1v) is 11.3. The van der Waals surface area contributed by atoms with Gasteiger partial charge in [0.05, 0.1) is 4.90 Å². The Bertz CT molecular complexity index is 1340. The van der Waals surface area contributed by atoms with Crippen LogP contribution in [-0.2, 0) is 10.0 Å². The molecule has 2 N–H and O–H groups in total. The third-order valence-electron chi connectivity index (χ3n) is 4.25. The number of sulfonamides is 1. The largest absolute Gasteiger partial charge is 0.321 e. The van der Waals surface area contributed by atoms with Crippen LogP contribution in [0.1, 0.15) is 27.6 Å². The minimum absolute atomic E-state index is 0.0138. The van der Waals surface area contributed by atoms with Crippen molar-refractivity contribution in [2.75, 3.05) is 10.0 Å². The molecule has 0 saturated carbocycles. The molecule has 4 aromatic rings. The molecule has 0 atom stereocenters. The summed E-state index contributed by atoms with van der Waals surface area (Å²) in [7, 11) is -3.86. The molecule has 11 heteroatoms. The van der Waals surface area contributed by atoms with Gasteiger partial charge in [-0.25, -0.2) is 28.1 Å². The molecule has 0 aliphatic carbocycles.